The highest BCUT2D eigenvalue weighted by molar-refractivity contribution is 5.75. The summed E-state index contributed by atoms with van der Waals surface area (Å²) in [5.74, 6) is 2.50. The summed E-state index contributed by atoms with van der Waals surface area (Å²) in [6.07, 6.45) is 1.23. The Kier molecular flexibility index (Phi) is 4.79. The summed E-state index contributed by atoms with van der Waals surface area (Å²) in [7, 11) is 1.80. The van der Waals surface area contributed by atoms with Gasteiger partial charge < -0.3 is 9.30 Å². The van der Waals surface area contributed by atoms with Crippen LogP contribution in [0.25, 0.3) is 11.0 Å². The number of nitrogens with zero attached hydrogens (tertiary/aromatic N) is 3. The van der Waals surface area contributed by atoms with Crippen LogP contribution in [0, 0.1) is 11.8 Å². The number of aromatic nitrogens is 2. The second-order valence-electron chi connectivity index (χ2n) is 6.87. The predicted molar refractivity (Wildman–Crippen MR) is 89.8 cm³/mol. The Balaban J connectivity index is 1.81. The van der Waals surface area contributed by atoms with Gasteiger partial charge in [0.2, 0.25) is 0 Å². The van der Waals surface area contributed by atoms with Crippen LogP contribution >= 0.6 is 0 Å². The van der Waals surface area contributed by atoms with E-state index in [2.05, 4.69) is 47.6 Å². The van der Waals surface area contributed by atoms with Crippen molar-refractivity contribution < 1.29 is 4.74 Å². The summed E-state index contributed by atoms with van der Waals surface area (Å²) in [6, 6.07) is 8.48. The lowest BCUT2D eigenvalue weighted by molar-refractivity contribution is 0.152. The minimum Gasteiger partial charge on any atom is -0.384 e. The Morgan fingerprint density at radius 1 is 1.32 bits per heavy atom. The quantitative estimate of drug-likeness (QED) is 0.821. The maximum atomic E-state index is 5.30. The van der Waals surface area contributed by atoms with Crippen LogP contribution in [0.2, 0.25) is 0 Å². The molecule has 2 aromatic rings. The van der Waals surface area contributed by atoms with Crippen molar-refractivity contribution in [3.8, 4) is 0 Å². The standard InChI is InChI=1S/C18H27N3O/c1-14(2)10-21-17-7-5-4-6-16(17)19-18(21)12-20-9-8-15(11-20)13-22-3/h4-7,14-15H,8-13H2,1-3H3/t15-/m1/s1. The van der Waals surface area contributed by atoms with Gasteiger partial charge in [-0.1, -0.05) is 26.0 Å². The van der Waals surface area contributed by atoms with Crippen molar-refractivity contribution in [2.75, 3.05) is 26.8 Å². The van der Waals surface area contributed by atoms with E-state index in [1.165, 1.54) is 17.8 Å². The van der Waals surface area contributed by atoms with Crippen LogP contribution in [0.5, 0.6) is 0 Å². The molecule has 1 aliphatic heterocycles. The number of fused-ring (bicyclic) bond motifs is 1. The van der Waals surface area contributed by atoms with E-state index in [0.717, 1.165) is 38.3 Å². The number of rotatable bonds is 6. The number of hydrogen-bond donors (Lipinski definition) is 0. The molecule has 0 aliphatic carbocycles. The molecule has 1 saturated heterocycles. The van der Waals surface area contributed by atoms with Gasteiger partial charge in [0.1, 0.15) is 5.82 Å². The normalized spacial score (nSPS) is 19.5. The first kappa shape index (κ1) is 15.5. The van der Waals surface area contributed by atoms with Crippen LogP contribution in [0.15, 0.2) is 24.3 Å². The second kappa shape index (κ2) is 6.80. The molecule has 0 N–H and O–H groups in total. The lowest BCUT2D eigenvalue weighted by atomic mass is 10.1. The Morgan fingerprint density at radius 2 is 2.14 bits per heavy atom. The minimum absolute atomic E-state index is 0.621. The summed E-state index contributed by atoms with van der Waals surface area (Å²) in [5, 5.41) is 0. The van der Waals surface area contributed by atoms with Crippen molar-refractivity contribution in [1.82, 2.24) is 14.5 Å². The molecule has 2 heterocycles. The van der Waals surface area contributed by atoms with E-state index in [1.807, 2.05) is 0 Å². The molecule has 0 radical (unpaired) electrons. The van der Waals surface area contributed by atoms with Gasteiger partial charge in [0.15, 0.2) is 0 Å². The highest BCUT2D eigenvalue weighted by Gasteiger charge is 2.24. The maximum absolute atomic E-state index is 5.30. The molecule has 0 spiro atoms. The zero-order chi connectivity index (χ0) is 15.5. The minimum atomic E-state index is 0.621. The Hall–Kier alpha value is -1.39. The van der Waals surface area contributed by atoms with Gasteiger partial charge in [0.05, 0.1) is 24.2 Å². The summed E-state index contributed by atoms with van der Waals surface area (Å²) in [6.45, 7) is 9.66. The highest BCUT2D eigenvalue weighted by Crippen LogP contribution is 2.22. The van der Waals surface area contributed by atoms with Gasteiger partial charge in [-0.3, -0.25) is 4.90 Å². The van der Waals surface area contributed by atoms with E-state index in [-0.39, 0.29) is 0 Å². The zero-order valence-corrected chi connectivity index (χ0v) is 14.0. The lowest BCUT2D eigenvalue weighted by Gasteiger charge is -2.18. The molecule has 3 rings (SSSR count). The predicted octanol–water partition coefficient (Wildman–Crippen LogP) is 3.16. The second-order valence-corrected chi connectivity index (χ2v) is 6.87. The Bertz CT molecular complexity index is 620. The van der Waals surface area contributed by atoms with Gasteiger partial charge in [0.25, 0.3) is 0 Å². The van der Waals surface area contributed by atoms with E-state index in [0.29, 0.717) is 11.8 Å². The Labute approximate surface area is 133 Å². The molecule has 22 heavy (non-hydrogen) atoms. The Morgan fingerprint density at radius 3 is 2.91 bits per heavy atom. The molecular formula is C18H27N3O. The van der Waals surface area contributed by atoms with E-state index in [4.69, 9.17) is 9.72 Å². The average molecular weight is 301 g/mol. The number of ether oxygens (including phenoxy) is 1. The van der Waals surface area contributed by atoms with Crippen molar-refractivity contribution in [1.29, 1.82) is 0 Å². The number of benzene rings is 1. The maximum Gasteiger partial charge on any atom is 0.124 e. The number of methoxy groups -OCH3 is 1. The first-order chi connectivity index (χ1) is 10.7. The van der Waals surface area contributed by atoms with Crippen molar-refractivity contribution in [3.05, 3.63) is 30.1 Å². The van der Waals surface area contributed by atoms with Crippen molar-refractivity contribution in [2.45, 2.75) is 33.4 Å². The SMILES string of the molecule is COC[C@@H]1CCN(Cc2nc3ccccc3n2CC(C)C)C1. The van der Waals surface area contributed by atoms with Crippen LogP contribution in [0.4, 0.5) is 0 Å². The summed E-state index contributed by atoms with van der Waals surface area (Å²) >= 11 is 0. The topological polar surface area (TPSA) is 30.3 Å². The van der Waals surface area contributed by atoms with Gasteiger partial charge in [-0.05, 0) is 36.9 Å². The molecule has 0 saturated carbocycles. The number of hydrogen-bond acceptors (Lipinski definition) is 3. The third-order valence-electron chi connectivity index (χ3n) is 4.42. The molecule has 1 aromatic heterocycles. The molecule has 120 valence electrons. The molecule has 0 unspecified atom stereocenters. The summed E-state index contributed by atoms with van der Waals surface area (Å²) < 4.78 is 7.71. The summed E-state index contributed by atoms with van der Waals surface area (Å²) in [4.78, 5) is 7.41. The van der Waals surface area contributed by atoms with E-state index < -0.39 is 0 Å². The van der Waals surface area contributed by atoms with Crippen molar-refractivity contribution >= 4 is 11.0 Å². The molecule has 0 amide bonds. The fraction of sp³-hybridized carbons (Fsp3) is 0.611. The van der Waals surface area contributed by atoms with E-state index in [1.54, 1.807) is 7.11 Å². The molecule has 1 aliphatic rings. The van der Waals surface area contributed by atoms with Gasteiger partial charge in [-0.2, -0.15) is 0 Å². The van der Waals surface area contributed by atoms with E-state index >= 15 is 0 Å². The van der Waals surface area contributed by atoms with Crippen LogP contribution in [-0.4, -0.2) is 41.3 Å². The molecule has 1 aromatic carbocycles. The van der Waals surface area contributed by atoms with Crippen LogP contribution in [-0.2, 0) is 17.8 Å². The molecule has 0 bridgehead atoms. The molecule has 1 fully saturated rings. The lowest BCUT2D eigenvalue weighted by Crippen LogP contribution is -2.24. The first-order valence-electron chi connectivity index (χ1n) is 8.32. The van der Waals surface area contributed by atoms with E-state index in [9.17, 15) is 0 Å². The van der Waals surface area contributed by atoms with Crippen molar-refractivity contribution in [2.24, 2.45) is 11.8 Å². The monoisotopic (exact) mass is 301 g/mol. The van der Waals surface area contributed by atoms with Crippen LogP contribution in [0.3, 0.4) is 0 Å². The van der Waals surface area contributed by atoms with Gasteiger partial charge >= 0.3 is 0 Å². The smallest absolute Gasteiger partial charge is 0.124 e. The largest absolute Gasteiger partial charge is 0.384 e. The molecule has 4 heteroatoms. The molecular weight excluding hydrogens is 274 g/mol. The third kappa shape index (κ3) is 3.33. The third-order valence-corrected chi connectivity index (χ3v) is 4.42. The number of imidazole rings is 1. The van der Waals surface area contributed by atoms with Crippen molar-refractivity contribution in [3.63, 3.8) is 0 Å². The fourth-order valence-electron chi connectivity index (χ4n) is 3.44. The van der Waals surface area contributed by atoms with Gasteiger partial charge in [-0.25, -0.2) is 4.98 Å². The number of para-hydroxylation sites is 2. The zero-order valence-electron chi connectivity index (χ0n) is 14.0. The van der Waals surface area contributed by atoms with Gasteiger partial charge in [-0.15, -0.1) is 0 Å². The molecule has 1 atom stereocenters. The molecule has 4 nitrogen and oxygen atoms in total. The number of likely N-dealkylation sites (tertiary alicyclic amines) is 1. The summed E-state index contributed by atoms with van der Waals surface area (Å²) in [5.41, 5.74) is 2.38. The highest BCUT2D eigenvalue weighted by atomic mass is 16.5. The average Bonchev–Trinajstić information content (AvgIpc) is 3.05. The van der Waals surface area contributed by atoms with Crippen LogP contribution in [0.1, 0.15) is 26.1 Å². The van der Waals surface area contributed by atoms with Crippen LogP contribution < -0.4 is 0 Å². The fourth-order valence-corrected chi connectivity index (χ4v) is 3.44. The van der Waals surface area contributed by atoms with Gasteiger partial charge in [0, 0.05) is 20.2 Å². The first-order valence-corrected chi connectivity index (χ1v) is 8.32.